The van der Waals surface area contributed by atoms with E-state index in [0.717, 1.165) is 30.4 Å². The summed E-state index contributed by atoms with van der Waals surface area (Å²) in [5, 5.41) is 21.6. The molecule has 2 heterocycles. The van der Waals surface area contributed by atoms with Gasteiger partial charge in [0.15, 0.2) is 5.78 Å². The Bertz CT molecular complexity index is 601. The van der Waals surface area contributed by atoms with Crippen molar-refractivity contribution in [3.05, 3.63) is 22.8 Å². The zero-order chi connectivity index (χ0) is 17.7. The molecule has 4 bridgehead atoms. The van der Waals surface area contributed by atoms with Crippen LogP contribution in [0, 0.1) is 5.92 Å². The molecule has 1 fully saturated rings. The first-order valence-corrected chi connectivity index (χ1v) is 9.13. The zero-order valence-corrected chi connectivity index (χ0v) is 15.3. The highest BCUT2D eigenvalue weighted by Gasteiger charge is 2.55. The number of Topliss-reactive ketones (excluding diaryl/α,β-unsaturated/α-hetero) is 1. The molecule has 0 radical (unpaired) electrons. The van der Waals surface area contributed by atoms with E-state index in [1.807, 2.05) is 20.8 Å². The maximum absolute atomic E-state index is 13.0. The summed E-state index contributed by atoms with van der Waals surface area (Å²) in [6.07, 6.45) is 5.46. The molecule has 1 aliphatic carbocycles. The normalized spacial score (nSPS) is 46.2. The maximum atomic E-state index is 13.0. The van der Waals surface area contributed by atoms with E-state index in [-0.39, 0.29) is 11.9 Å². The molecule has 0 aromatic carbocycles. The Hall–Kier alpha value is -0.970. The van der Waals surface area contributed by atoms with E-state index in [2.05, 4.69) is 13.0 Å². The minimum Gasteiger partial charge on any atom is -0.388 e. The summed E-state index contributed by atoms with van der Waals surface area (Å²) in [5.41, 5.74) is 1.19. The predicted octanol–water partition coefficient (Wildman–Crippen LogP) is 3.07. The molecule has 0 aromatic heterocycles. The molecule has 0 amide bonds. The minimum absolute atomic E-state index is 0.0369. The summed E-state index contributed by atoms with van der Waals surface area (Å²) in [7, 11) is 0. The van der Waals surface area contributed by atoms with Crippen molar-refractivity contribution in [2.75, 3.05) is 0 Å². The summed E-state index contributed by atoms with van der Waals surface area (Å²) in [5.74, 6) is -0.506. The van der Waals surface area contributed by atoms with Crippen molar-refractivity contribution in [1.29, 1.82) is 0 Å². The second-order valence-electron chi connectivity index (χ2n) is 8.35. The van der Waals surface area contributed by atoms with E-state index in [9.17, 15) is 15.0 Å². The highest BCUT2D eigenvalue weighted by Crippen LogP contribution is 2.47. The average Bonchev–Trinajstić information content (AvgIpc) is 2.98. The molecular formula is C20H30O4. The van der Waals surface area contributed by atoms with Crippen molar-refractivity contribution in [2.45, 2.75) is 89.6 Å². The van der Waals surface area contributed by atoms with Gasteiger partial charge in [0.05, 0.1) is 29.3 Å². The summed E-state index contributed by atoms with van der Waals surface area (Å²) >= 11 is 0. The quantitative estimate of drug-likeness (QED) is 0.668. The first-order valence-electron chi connectivity index (χ1n) is 9.13. The fourth-order valence-electron chi connectivity index (χ4n) is 4.61. The first kappa shape index (κ1) is 17.8. The Labute approximate surface area is 144 Å². The molecule has 4 heteroatoms. The standard InChI is InChI=1S/C20H30O4/c1-12-6-5-10-19(3,23)15-9-11-20(4,24-15)16-17(21)13(2)14(8-7-12)18(16)22/h6,15-17,21,23H,5,7-11H2,1-4H3/b12-6+/t15-,16-,17+,19+,20+/m1/s1. The number of ketones is 1. The topological polar surface area (TPSA) is 66.8 Å². The van der Waals surface area contributed by atoms with Gasteiger partial charge in [0.1, 0.15) is 0 Å². The number of allylic oxidation sites excluding steroid dienone is 3. The van der Waals surface area contributed by atoms with E-state index in [0.29, 0.717) is 19.3 Å². The van der Waals surface area contributed by atoms with Crippen LogP contribution in [-0.2, 0) is 9.53 Å². The lowest BCUT2D eigenvalue weighted by Crippen LogP contribution is -2.47. The molecule has 2 N–H and O–H groups in total. The largest absolute Gasteiger partial charge is 0.388 e. The number of rotatable bonds is 0. The summed E-state index contributed by atoms with van der Waals surface area (Å²) in [4.78, 5) is 13.0. The molecular weight excluding hydrogens is 304 g/mol. The maximum Gasteiger partial charge on any atom is 0.167 e. The van der Waals surface area contributed by atoms with E-state index >= 15 is 0 Å². The number of carbonyl (C=O) groups is 1. The molecule has 0 saturated carbocycles. The summed E-state index contributed by atoms with van der Waals surface area (Å²) in [6, 6.07) is 0. The minimum atomic E-state index is -0.916. The zero-order valence-electron chi connectivity index (χ0n) is 15.3. The van der Waals surface area contributed by atoms with Crippen LogP contribution in [0.1, 0.15) is 66.2 Å². The van der Waals surface area contributed by atoms with Crippen LogP contribution in [0.5, 0.6) is 0 Å². The van der Waals surface area contributed by atoms with Crippen LogP contribution < -0.4 is 0 Å². The van der Waals surface area contributed by atoms with Crippen LogP contribution in [0.4, 0.5) is 0 Å². The molecule has 0 spiro atoms. The van der Waals surface area contributed by atoms with Crippen LogP contribution in [0.15, 0.2) is 22.8 Å². The van der Waals surface area contributed by atoms with Crippen molar-refractivity contribution in [2.24, 2.45) is 5.92 Å². The van der Waals surface area contributed by atoms with Crippen LogP contribution in [0.25, 0.3) is 0 Å². The third-order valence-electron chi connectivity index (χ3n) is 6.39. The molecule has 24 heavy (non-hydrogen) atoms. The predicted molar refractivity (Wildman–Crippen MR) is 92.6 cm³/mol. The Balaban J connectivity index is 1.98. The molecule has 0 aromatic rings. The lowest BCUT2D eigenvalue weighted by Gasteiger charge is -2.36. The lowest BCUT2D eigenvalue weighted by molar-refractivity contribution is -0.160. The van der Waals surface area contributed by atoms with Crippen LogP contribution in [0.3, 0.4) is 0 Å². The highest BCUT2D eigenvalue weighted by atomic mass is 16.5. The van der Waals surface area contributed by atoms with Crippen LogP contribution in [0.2, 0.25) is 0 Å². The van der Waals surface area contributed by atoms with Gasteiger partial charge < -0.3 is 14.9 Å². The van der Waals surface area contributed by atoms with Gasteiger partial charge in [0.25, 0.3) is 0 Å². The Morgan fingerprint density at radius 2 is 1.92 bits per heavy atom. The first-order chi connectivity index (χ1) is 11.2. The number of ether oxygens (including phenoxy) is 1. The third-order valence-corrected chi connectivity index (χ3v) is 6.39. The van der Waals surface area contributed by atoms with Gasteiger partial charge >= 0.3 is 0 Å². The van der Waals surface area contributed by atoms with Crippen LogP contribution in [-0.4, -0.2) is 39.4 Å². The number of hydrogen-bond donors (Lipinski definition) is 2. The lowest BCUT2D eigenvalue weighted by atomic mass is 9.81. The second-order valence-corrected chi connectivity index (χ2v) is 8.35. The van der Waals surface area contributed by atoms with Crippen LogP contribution >= 0.6 is 0 Å². The van der Waals surface area contributed by atoms with Gasteiger partial charge in [-0.2, -0.15) is 0 Å². The van der Waals surface area contributed by atoms with E-state index in [4.69, 9.17) is 4.74 Å². The molecule has 3 aliphatic rings. The van der Waals surface area contributed by atoms with Gasteiger partial charge in [-0.05, 0) is 77.4 Å². The molecule has 4 nitrogen and oxygen atoms in total. The van der Waals surface area contributed by atoms with Crippen molar-refractivity contribution in [1.82, 2.24) is 0 Å². The number of hydrogen-bond acceptors (Lipinski definition) is 4. The smallest absolute Gasteiger partial charge is 0.167 e. The SMILES string of the molecule is CC1=C2CC/C(C)=C/CC[C@](C)(O)[C@H]3CC[C@](C)(O3)[C@@H](C2=O)[C@H]1O. The van der Waals surface area contributed by atoms with Gasteiger partial charge in [-0.25, -0.2) is 0 Å². The number of aliphatic hydroxyl groups excluding tert-OH is 1. The van der Waals surface area contributed by atoms with Crippen molar-refractivity contribution < 1.29 is 19.7 Å². The molecule has 2 aliphatic heterocycles. The van der Waals surface area contributed by atoms with E-state index in [1.165, 1.54) is 5.57 Å². The molecule has 1 saturated heterocycles. The Kier molecular flexibility index (Phi) is 4.52. The molecule has 3 rings (SSSR count). The van der Waals surface area contributed by atoms with E-state index < -0.39 is 23.2 Å². The fourth-order valence-corrected chi connectivity index (χ4v) is 4.61. The Morgan fingerprint density at radius 1 is 1.21 bits per heavy atom. The molecule has 134 valence electrons. The van der Waals surface area contributed by atoms with Gasteiger partial charge in [-0.3, -0.25) is 4.79 Å². The molecule has 5 atom stereocenters. The fraction of sp³-hybridized carbons (Fsp3) is 0.750. The summed E-state index contributed by atoms with van der Waals surface area (Å²) < 4.78 is 6.25. The average molecular weight is 334 g/mol. The van der Waals surface area contributed by atoms with E-state index in [1.54, 1.807) is 0 Å². The van der Waals surface area contributed by atoms with Crippen molar-refractivity contribution in [3.8, 4) is 0 Å². The Morgan fingerprint density at radius 3 is 2.62 bits per heavy atom. The third kappa shape index (κ3) is 2.89. The van der Waals surface area contributed by atoms with Crippen molar-refractivity contribution >= 4 is 5.78 Å². The number of carbonyl (C=O) groups excluding carboxylic acids is 1. The number of fused-ring (bicyclic) bond motifs is 5. The molecule has 0 unspecified atom stereocenters. The summed E-state index contributed by atoms with van der Waals surface area (Å²) in [6.45, 7) is 7.69. The second kappa shape index (κ2) is 6.08. The van der Waals surface area contributed by atoms with Gasteiger partial charge in [0.2, 0.25) is 0 Å². The monoisotopic (exact) mass is 334 g/mol. The number of aliphatic hydroxyl groups is 2. The van der Waals surface area contributed by atoms with Gasteiger partial charge in [-0.15, -0.1) is 0 Å². The van der Waals surface area contributed by atoms with Crippen molar-refractivity contribution in [3.63, 3.8) is 0 Å². The highest BCUT2D eigenvalue weighted by molar-refractivity contribution is 6.02. The van der Waals surface area contributed by atoms with Gasteiger partial charge in [0, 0.05) is 0 Å². The van der Waals surface area contributed by atoms with Gasteiger partial charge in [-0.1, -0.05) is 11.6 Å².